The van der Waals surface area contributed by atoms with Crippen LogP contribution in [0.1, 0.15) is 54.5 Å². The number of rotatable bonds is 5. The van der Waals surface area contributed by atoms with E-state index in [0.717, 1.165) is 30.7 Å². The predicted molar refractivity (Wildman–Crippen MR) is 106 cm³/mol. The van der Waals surface area contributed by atoms with Crippen LogP contribution in [0.2, 0.25) is 5.02 Å². The number of amides is 1. The SMILES string of the molecule is Cc1cc(C)n(-c2ccc(Cl)c(C(=O)OCC(=O)NC3CCCCC3C)n2)n1. The second-order valence-electron chi connectivity index (χ2n) is 7.35. The standard InChI is InChI=1S/C20H25ClN4O3/c1-12-6-4-5-7-16(12)22-18(26)11-28-20(27)19-15(21)8-9-17(23-19)25-14(3)10-13(2)24-25/h8-10,12,16H,4-7,11H2,1-3H3,(H,22,26). The Labute approximate surface area is 169 Å². The van der Waals surface area contributed by atoms with Crippen molar-refractivity contribution in [3.05, 3.63) is 40.3 Å². The molecule has 2 aromatic heterocycles. The van der Waals surface area contributed by atoms with Gasteiger partial charge in [0.25, 0.3) is 5.91 Å². The van der Waals surface area contributed by atoms with Gasteiger partial charge in [0.15, 0.2) is 18.1 Å². The van der Waals surface area contributed by atoms with E-state index in [-0.39, 0.29) is 29.3 Å². The second-order valence-corrected chi connectivity index (χ2v) is 7.76. The van der Waals surface area contributed by atoms with Gasteiger partial charge in [0, 0.05) is 11.7 Å². The molecular formula is C20H25ClN4O3. The van der Waals surface area contributed by atoms with Gasteiger partial charge in [-0.25, -0.2) is 14.5 Å². The Morgan fingerprint density at radius 3 is 2.71 bits per heavy atom. The molecule has 0 spiro atoms. The van der Waals surface area contributed by atoms with E-state index in [4.69, 9.17) is 16.3 Å². The van der Waals surface area contributed by atoms with Gasteiger partial charge < -0.3 is 10.1 Å². The molecule has 1 fully saturated rings. The van der Waals surface area contributed by atoms with Crippen LogP contribution in [0.4, 0.5) is 0 Å². The third kappa shape index (κ3) is 4.70. The summed E-state index contributed by atoms with van der Waals surface area (Å²) in [5, 5.41) is 7.47. The van der Waals surface area contributed by atoms with Crippen LogP contribution in [0.15, 0.2) is 18.2 Å². The fourth-order valence-electron chi connectivity index (χ4n) is 3.53. The van der Waals surface area contributed by atoms with E-state index in [2.05, 4.69) is 22.3 Å². The lowest BCUT2D eigenvalue weighted by Crippen LogP contribution is -2.42. The highest BCUT2D eigenvalue weighted by Gasteiger charge is 2.24. The van der Waals surface area contributed by atoms with Gasteiger partial charge in [-0.2, -0.15) is 5.10 Å². The molecule has 0 radical (unpaired) electrons. The van der Waals surface area contributed by atoms with Crippen molar-refractivity contribution in [2.75, 3.05) is 6.61 Å². The van der Waals surface area contributed by atoms with Gasteiger partial charge >= 0.3 is 5.97 Å². The lowest BCUT2D eigenvalue weighted by atomic mass is 9.86. The monoisotopic (exact) mass is 404 g/mol. The van der Waals surface area contributed by atoms with Crippen LogP contribution in [-0.2, 0) is 9.53 Å². The predicted octanol–water partition coefficient (Wildman–Crippen LogP) is 3.39. The second kappa shape index (κ2) is 8.73. The molecule has 1 aliphatic carbocycles. The minimum atomic E-state index is -0.736. The normalized spacial score (nSPS) is 19.3. The van der Waals surface area contributed by atoms with Crippen LogP contribution in [0.5, 0.6) is 0 Å². The Morgan fingerprint density at radius 1 is 1.29 bits per heavy atom. The van der Waals surface area contributed by atoms with Crippen LogP contribution in [0.25, 0.3) is 5.82 Å². The molecule has 2 aromatic rings. The fraction of sp³-hybridized carbons (Fsp3) is 0.500. The molecule has 1 saturated carbocycles. The van der Waals surface area contributed by atoms with Crippen LogP contribution < -0.4 is 5.32 Å². The van der Waals surface area contributed by atoms with Crippen molar-refractivity contribution in [1.82, 2.24) is 20.1 Å². The number of aryl methyl sites for hydroxylation is 2. The van der Waals surface area contributed by atoms with Gasteiger partial charge in [0.1, 0.15) is 0 Å². The van der Waals surface area contributed by atoms with Crippen molar-refractivity contribution in [3.8, 4) is 5.82 Å². The average molecular weight is 405 g/mol. The van der Waals surface area contributed by atoms with Gasteiger partial charge in [-0.3, -0.25) is 4.79 Å². The molecule has 28 heavy (non-hydrogen) atoms. The fourth-order valence-corrected chi connectivity index (χ4v) is 3.71. The zero-order valence-corrected chi connectivity index (χ0v) is 17.1. The van der Waals surface area contributed by atoms with E-state index in [9.17, 15) is 9.59 Å². The van der Waals surface area contributed by atoms with Crippen molar-refractivity contribution < 1.29 is 14.3 Å². The van der Waals surface area contributed by atoms with Crippen LogP contribution >= 0.6 is 11.6 Å². The van der Waals surface area contributed by atoms with Crippen molar-refractivity contribution in [2.24, 2.45) is 5.92 Å². The first kappa shape index (κ1) is 20.3. The molecule has 0 aliphatic heterocycles. The minimum absolute atomic E-state index is 0.0365. The topological polar surface area (TPSA) is 86.1 Å². The average Bonchev–Trinajstić information content (AvgIpc) is 3.00. The number of ether oxygens (including phenoxy) is 1. The van der Waals surface area contributed by atoms with Crippen molar-refractivity contribution in [1.29, 1.82) is 0 Å². The Morgan fingerprint density at radius 2 is 2.04 bits per heavy atom. The van der Waals surface area contributed by atoms with Crippen LogP contribution in [0.3, 0.4) is 0 Å². The molecule has 1 aliphatic rings. The van der Waals surface area contributed by atoms with Crippen LogP contribution in [0, 0.1) is 19.8 Å². The lowest BCUT2D eigenvalue weighted by molar-refractivity contribution is -0.125. The molecule has 8 heteroatoms. The molecule has 1 amide bonds. The van der Waals surface area contributed by atoms with Crippen molar-refractivity contribution in [3.63, 3.8) is 0 Å². The van der Waals surface area contributed by atoms with E-state index >= 15 is 0 Å². The summed E-state index contributed by atoms with van der Waals surface area (Å²) in [5.74, 6) is -0.150. The molecule has 2 atom stereocenters. The number of carbonyl (C=O) groups is 2. The zero-order chi connectivity index (χ0) is 20.3. The maximum Gasteiger partial charge on any atom is 0.359 e. The minimum Gasteiger partial charge on any atom is -0.451 e. The molecule has 0 saturated heterocycles. The van der Waals surface area contributed by atoms with E-state index in [1.54, 1.807) is 16.8 Å². The molecule has 0 bridgehead atoms. The summed E-state index contributed by atoms with van der Waals surface area (Å²) in [7, 11) is 0. The first-order valence-electron chi connectivity index (χ1n) is 9.52. The molecule has 3 rings (SSSR count). The molecule has 2 heterocycles. The maximum absolute atomic E-state index is 12.4. The number of hydrogen-bond acceptors (Lipinski definition) is 5. The van der Waals surface area contributed by atoms with Gasteiger partial charge in [-0.1, -0.05) is 31.4 Å². The maximum atomic E-state index is 12.4. The molecule has 7 nitrogen and oxygen atoms in total. The van der Waals surface area contributed by atoms with Crippen molar-refractivity contribution >= 4 is 23.5 Å². The van der Waals surface area contributed by atoms with Gasteiger partial charge in [-0.15, -0.1) is 0 Å². The summed E-state index contributed by atoms with van der Waals surface area (Å²) in [5.41, 5.74) is 1.69. The third-order valence-corrected chi connectivity index (χ3v) is 5.35. The number of esters is 1. The zero-order valence-electron chi connectivity index (χ0n) is 16.4. The molecule has 150 valence electrons. The van der Waals surface area contributed by atoms with Crippen molar-refractivity contribution in [2.45, 2.75) is 52.5 Å². The highest BCUT2D eigenvalue weighted by Crippen LogP contribution is 2.23. The number of halogens is 1. The molecular weight excluding hydrogens is 380 g/mol. The van der Waals surface area contributed by atoms with E-state index < -0.39 is 5.97 Å². The lowest BCUT2D eigenvalue weighted by Gasteiger charge is -2.29. The first-order chi connectivity index (χ1) is 13.3. The number of nitrogens with one attached hydrogen (secondary N) is 1. The number of pyridine rings is 1. The summed E-state index contributed by atoms with van der Waals surface area (Å²) in [4.78, 5) is 28.9. The first-order valence-corrected chi connectivity index (χ1v) is 9.89. The van der Waals surface area contributed by atoms with E-state index in [0.29, 0.717) is 11.7 Å². The third-order valence-electron chi connectivity index (χ3n) is 5.04. The number of carbonyl (C=O) groups excluding carboxylic acids is 2. The quantitative estimate of drug-likeness (QED) is 0.772. The van der Waals surface area contributed by atoms with E-state index in [1.165, 1.54) is 6.42 Å². The summed E-state index contributed by atoms with van der Waals surface area (Å²) < 4.78 is 6.77. The Bertz CT molecular complexity index is 880. The summed E-state index contributed by atoms with van der Waals surface area (Å²) in [6, 6.07) is 5.29. The van der Waals surface area contributed by atoms with Gasteiger partial charge in [-0.05, 0) is 50.8 Å². The summed E-state index contributed by atoms with van der Waals surface area (Å²) >= 11 is 6.12. The smallest absolute Gasteiger partial charge is 0.359 e. The van der Waals surface area contributed by atoms with Gasteiger partial charge in [0.05, 0.1) is 10.7 Å². The summed E-state index contributed by atoms with van der Waals surface area (Å²) in [6.07, 6.45) is 4.36. The molecule has 2 unspecified atom stereocenters. The van der Waals surface area contributed by atoms with Crippen LogP contribution in [-0.4, -0.2) is 39.3 Å². The molecule has 0 aromatic carbocycles. The summed E-state index contributed by atoms with van der Waals surface area (Å²) in [6.45, 7) is 5.54. The Kier molecular flexibility index (Phi) is 6.34. The number of hydrogen-bond donors (Lipinski definition) is 1. The largest absolute Gasteiger partial charge is 0.451 e. The highest BCUT2D eigenvalue weighted by atomic mass is 35.5. The Hall–Kier alpha value is -2.41. The Balaban J connectivity index is 1.64. The number of aromatic nitrogens is 3. The van der Waals surface area contributed by atoms with E-state index in [1.807, 2.05) is 19.9 Å². The molecule has 1 N–H and O–H groups in total. The van der Waals surface area contributed by atoms with Gasteiger partial charge in [0.2, 0.25) is 0 Å². The number of nitrogens with zero attached hydrogens (tertiary/aromatic N) is 3. The highest BCUT2D eigenvalue weighted by molar-refractivity contribution is 6.33.